The summed E-state index contributed by atoms with van der Waals surface area (Å²) in [7, 11) is -3.42. The van der Waals surface area contributed by atoms with Crippen LogP contribution in [-0.4, -0.2) is 53.5 Å². The Labute approximate surface area is 207 Å². The zero-order chi connectivity index (χ0) is 24.1. The van der Waals surface area contributed by atoms with Crippen molar-refractivity contribution in [3.8, 4) is 0 Å². The van der Waals surface area contributed by atoms with Crippen LogP contribution in [0.25, 0.3) is 0 Å². The third kappa shape index (κ3) is 7.96. The summed E-state index contributed by atoms with van der Waals surface area (Å²) in [4.78, 5) is 0. The molecule has 34 heavy (non-hydrogen) atoms. The van der Waals surface area contributed by atoms with E-state index in [4.69, 9.17) is 9.47 Å². The molecule has 3 rings (SSSR count). The van der Waals surface area contributed by atoms with E-state index in [0.29, 0.717) is 19.8 Å². The Morgan fingerprint density at radius 3 is 1.50 bits per heavy atom. The van der Waals surface area contributed by atoms with Crippen LogP contribution in [0, 0.1) is 0 Å². The molecular weight excluding hydrogens is 468 g/mol. The quantitative estimate of drug-likeness (QED) is 0.164. The zero-order valence-corrected chi connectivity index (χ0v) is 21.1. The van der Waals surface area contributed by atoms with Gasteiger partial charge in [0.1, 0.15) is 0 Å². The number of thioether (sulfide) groups is 1. The van der Waals surface area contributed by atoms with Crippen molar-refractivity contribution in [2.75, 3.05) is 45.0 Å². The van der Waals surface area contributed by atoms with Crippen molar-refractivity contribution in [2.24, 2.45) is 0 Å². The summed E-state index contributed by atoms with van der Waals surface area (Å²) in [6, 6.07) is 32.0. The van der Waals surface area contributed by atoms with E-state index in [2.05, 4.69) is 95.2 Å². The minimum absolute atomic E-state index is 0.0238. The van der Waals surface area contributed by atoms with Crippen LogP contribution in [-0.2, 0) is 28.5 Å². The minimum atomic E-state index is -3.42. The van der Waals surface area contributed by atoms with Crippen LogP contribution in [0.4, 0.5) is 0 Å². The zero-order valence-electron chi connectivity index (χ0n) is 19.5. The fourth-order valence-corrected chi connectivity index (χ4v) is 5.57. The van der Waals surface area contributed by atoms with Crippen LogP contribution in [0.2, 0.25) is 0 Å². The van der Waals surface area contributed by atoms with Crippen molar-refractivity contribution in [1.29, 1.82) is 0 Å². The summed E-state index contributed by atoms with van der Waals surface area (Å²) < 4.78 is 37.2. The van der Waals surface area contributed by atoms with E-state index in [-0.39, 0.29) is 18.0 Å². The average molecular weight is 501 g/mol. The third-order valence-electron chi connectivity index (χ3n) is 5.19. The van der Waals surface area contributed by atoms with Gasteiger partial charge >= 0.3 is 0 Å². The first-order chi connectivity index (χ1) is 16.5. The summed E-state index contributed by atoms with van der Waals surface area (Å²) in [5, 5.41) is 0. The molecule has 0 radical (unpaired) electrons. The molecule has 7 heteroatoms. The molecule has 0 aromatic heterocycles. The van der Waals surface area contributed by atoms with E-state index in [0.717, 1.165) is 18.4 Å². The Hall–Kier alpha value is -2.16. The molecule has 0 bridgehead atoms. The van der Waals surface area contributed by atoms with Gasteiger partial charge in [0.05, 0.1) is 37.4 Å². The highest BCUT2D eigenvalue weighted by Crippen LogP contribution is 2.48. The normalized spacial score (nSPS) is 12.0. The standard InChI is InChI=1S/C27H32O5S2/c1-34(28,29)32-22-21-31-20-19-30-18-11-23-33-27(24-12-5-2-6-13-24,25-14-7-3-8-15-25)26-16-9-4-10-17-26/h2-10,12-17H,11,18-23H2,1H3. The molecule has 3 aromatic carbocycles. The van der Waals surface area contributed by atoms with E-state index in [1.54, 1.807) is 0 Å². The van der Waals surface area contributed by atoms with Crippen LogP contribution in [0.15, 0.2) is 91.0 Å². The molecule has 182 valence electrons. The van der Waals surface area contributed by atoms with Gasteiger partial charge in [-0.25, -0.2) is 0 Å². The predicted molar refractivity (Wildman–Crippen MR) is 139 cm³/mol. The highest BCUT2D eigenvalue weighted by atomic mass is 32.2. The maximum Gasteiger partial charge on any atom is 0.264 e. The van der Waals surface area contributed by atoms with Gasteiger partial charge in [0.15, 0.2) is 0 Å². The van der Waals surface area contributed by atoms with E-state index in [1.165, 1.54) is 16.7 Å². The number of hydrogen-bond acceptors (Lipinski definition) is 6. The average Bonchev–Trinajstić information content (AvgIpc) is 2.86. The first-order valence-corrected chi connectivity index (χ1v) is 14.1. The monoisotopic (exact) mass is 500 g/mol. The van der Waals surface area contributed by atoms with Crippen LogP contribution in [0.3, 0.4) is 0 Å². The van der Waals surface area contributed by atoms with Gasteiger partial charge < -0.3 is 9.47 Å². The van der Waals surface area contributed by atoms with Crippen molar-refractivity contribution < 1.29 is 22.1 Å². The molecule has 0 N–H and O–H groups in total. The molecule has 0 atom stereocenters. The number of rotatable bonds is 15. The molecule has 0 aliphatic rings. The second-order valence-electron chi connectivity index (χ2n) is 7.73. The highest BCUT2D eigenvalue weighted by molar-refractivity contribution is 8.00. The largest absolute Gasteiger partial charge is 0.379 e. The van der Waals surface area contributed by atoms with Crippen LogP contribution < -0.4 is 0 Å². The molecule has 0 heterocycles. The molecule has 0 aliphatic heterocycles. The van der Waals surface area contributed by atoms with Gasteiger partial charge in [0.2, 0.25) is 0 Å². The second kappa shape index (κ2) is 13.7. The Morgan fingerprint density at radius 1 is 0.647 bits per heavy atom. The molecule has 0 aliphatic carbocycles. The summed E-state index contributed by atoms with van der Waals surface area (Å²) >= 11 is 1.92. The molecule has 0 unspecified atom stereocenters. The minimum Gasteiger partial charge on any atom is -0.379 e. The van der Waals surface area contributed by atoms with Crippen molar-refractivity contribution in [2.45, 2.75) is 11.2 Å². The first kappa shape index (κ1) is 26.4. The van der Waals surface area contributed by atoms with Crippen LogP contribution in [0.1, 0.15) is 23.1 Å². The van der Waals surface area contributed by atoms with Crippen molar-refractivity contribution >= 4 is 21.9 Å². The lowest BCUT2D eigenvalue weighted by molar-refractivity contribution is 0.0376. The van der Waals surface area contributed by atoms with Crippen molar-refractivity contribution in [3.05, 3.63) is 108 Å². The lowest BCUT2D eigenvalue weighted by Gasteiger charge is -2.35. The van der Waals surface area contributed by atoms with Gasteiger partial charge in [-0.1, -0.05) is 91.0 Å². The van der Waals surface area contributed by atoms with Gasteiger partial charge in [0, 0.05) is 6.61 Å². The Kier molecular flexibility index (Phi) is 10.6. The number of benzene rings is 3. The van der Waals surface area contributed by atoms with Gasteiger partial charge in [-0.15, -0.1) is 11.8 Å². The van der Waals surface area contributed by atoms with Crippen molar-refractivity contribution in [3.63, 3.8) is 0 Å². The Morgan fingerprint density at radius 2 is 1.06 bits per heavy atom. The Balaban J connectivity index is 1.58. The lowest BCUT2D eigenvalue weighted by atomic mass is 9.84. The van der Waals surface area contributed by atoms with Crippen molar-refractivity contribution in [1.82, 2.24) is 0 Å². The Bertz CT molecular complexity index is 961. The topological polar surface area (TPSA) is 61.8 Å². The maximum atomic E-state index is 10.9. The number of hydrogen-bond donors (Lipinski definition) is 0. The summed E-state index contributed by atoms with van der Waals surface area (Å²) in [6.07, 6.45) is 1.92. The molecule has 0 saturated heterocycles. The molecule has 0 fully saturated rings. The molecule has 0 amide bonds. The van der Waals surface area contributed by atoms with E-state index in [1.807, 2.05) is 11.8 Å². The van der Waals surface area contributed by atoms with Gasteiger partial charge in [-0.05, 0) is 28.9 Å². The van der Waals surface area contributed by atoms with Gasteiger partial charge in [0.25, 0.3) is 10.1 Å². The highest BCUT2D eigenvalue weighted by Gasteiger charge is 2.36. The predicted octanol–water partition coefficient (Wildman–Crippen LogP) is 5.11. The molecule has 0 saturated carbocycles. The lowest BCUT2D eigenvalue weighted by Crippen LogP contribution is -2.26. The SMILES string of the molecule is CS(=O)(=O)OCCOCCOCCCSC(c1ccccc1)(c1ccccc1)c1ccccc1. The third-order valence-corrected chi connectivity index (χ3v) is 7.42. The van der Waals surface area contributed by atoms with Crippen LogP contribution in [0.5, 0.6) is 0 Å². The summed E-state index contributed by atoms with van der Waals surface area (Å²) in [5.74, 6) is 0.918. The van der Waals surface area contributed by atoms with Crippen LogP contribution >= 0.6 is 11.8 Å². The molecule has 5 nitrogen and oxygen atoms in total. The smallest absolute Gasteiger partial charge is 0.264 e. The summed E-state index contributed by atoms with van der Waals surface area (Å²) in [5.41, 5.74) is 3.76. The molecular formula is C27H32O5S2. The molecule has 0 spiro atoms. The van der Waals surface area contributed by atoms with Gasteiger partial charge in [-0.2, -0.15) is 8.42 Å². The fraction of sp³-hybridized carbons (Fsp3) is 0.333. The van der Waals surface area contributed by atoms with E-state index in [9.17, 15) is 8.42 Å². The van der Waals surface area contributed by atoms with E-state index >= 15 is 0 Å². The van der Waals surface area contributed by atoms with Gasteiger partial charge in [-0.3, -0.25) is 4.18 Å². The fourth-order valence-electron chi connectivity index (χ4n) is 3.72. The first-order valence-electron chi connectivity index (χ1n) is 11.3. The number of ether oxygens (including phenoxy) is 2. The summed E-state index contributed by atoms with van der Waals surface area (Å²) in [6.45, 7) is 1.74. The molecule has 3 aromatic rings. The second-order valence-corrected chi connectivity index (χ2v) is 10.7. The maximum absolute atomic E-state index is 10.9. The van der Waals surface area contributed by atoms with E-state index < -0.39 is 10.1 Å².